The third-order valence-corrected chi connectivity index (χ3v) is 6.09. The van der Waals surface area contributed by atoms with Gasteiger partial charge in [-0.1, -0.05) is 19.8 Å². The molecule has 3 nitrogen and oxygen atoms in total. The van der Waals surface area contributed by atoms with Crippen LogP contribution in [-0.4, -0.2) is 34.4 Å². The zero-order valence-corrected chi connectivity index (χ0v) is 12.1. The molecule has 2 atom stereocenters. The Bertz CT molecular complexity index is 190. The van der Waals surface area contributed by atoms with E-state index >= 15 is 0 Å². The summed E-state index contributed by atoms with van der Waals surface area (Å²) in [5.74, 6) is 0. The van der Waals surface area contributed by atoms with Gasteiger partial charge in [-0.2, -0.15) is 0 Å². The Labute approximate surface area is 101 Å². The Kier molecular flexibility index (Phi) is 6.57. The molecule has 1 fully saturated rings. The minimum Gasteiger partial charge on any atom is -0.395 e. The first-order valence-electron chi connectivity index (χ1n) is 6.72. The third kappa shape index (κ3) is 4.95. The normalized spacial score (nSPS) is 32.1. The van der Waals surface area contributed by atoms with Crippen LogP contribution in [0.25, 0.3) is 0 Å². The van der Waals surface area contributed by atoms with E-state index in [4.69, 9.17) is 8.85 Å². The summed E-state index contributed by atoms with van der Waals surface area (Å²) >= 11 is 0. The van der Waals surface area contributed by atoms with Crippen molar-refractivity contribution in [3.05, 3.63) is 0 Å². The third-order valence-electron chi connectivity index (χ3n) is 3.10. The fourth-order valence-corrected chi connectivity index (χ4v) is 4.92. The average molecular weight is 245 g/mol. The summed E-state index contributed by atoms with van der Waals surface area (Å²) in [7, 11) is -1.87. The van der Waals surface area contributed by atoms with Crippen LogP contribution in [0, 0.1) is 0 Å². The molecule has 1 rings (SSSR count). The summed E-state index contributed by atoms with van der Waals surface area (Å²) in [5.41, 5.74) is 0. The van der Waals surface area contributed by atoms with Crippen LogP contribution in [0.3, 0.4) is 0 Å². The molecule has 0 aliphatic carbocycles. The van der Waals surface area contributed by atoms with Crippen molar-refractivity contribution in [3.8, 4) is 0 Å². The minimum absolute atomic E-state index is 0.364. The lowest BCUT2D eigenvalue weighted by Crippen LogP contribution is -2.47. The van der Waals surface area contributed by atoms with Gasteiger partial charge in [0.1, 0.15) is 0 Å². The molecule has 0 aromatic rings. The SMILES string of the molecule is CCCCC1CNCCC[Si](C)(OCC)O1. The second kappa shape index (κ2) is 7.43. The van der Waals surface area contributed by atoms with Crippen LogP contribution in [0.4, 0.5) is 0 Å². The van der Waals surface area contributed by atoms with Gasteiger partial charge < -0.3 is 14.2 Å². The predicted molar refractivity (Wildman–Crippen MR) is 69.9 cm³/mol. The molecular weight excluding hydrogens is 218 g/mol. The monoisotopic (exact) mass is 245 g/mol. The number of hydrogen-bond acceptors (Lipinski definition) is 3. The highest BCUT2D eigenvalue weighted by Crippen LogP contribution is 2.21. The Balaban J connectivity index is 2.48. The first-order chi connectivity index (χ1) is 7.70. The summed E-state index contributed by atoms with van der Waals surface area (Å²) in [5, 5.41) is 3.47. The Morgan fingerprint density at radius 1 is 1.44 bits per heavy atom. The number of hydrogen-bond donors (Lipinski definition) is 1. The standard InChI is InChI=1S/C12H27NO2Si/c1-4-6-8-12-11-13-9-7-10-16(3,15-12)14-5-2/h12-13H,4-11H2,1-3H3. The molecule has 0 aromatic carbocycles. The van der Waals surface area contributed by atoms with Gasteiger partial charge in [0.05, 0.1) is 6.10 Å². The summed E-state index contributed by atoms with van der Waals surface area (Å²) in [6, 6.07) is 1.12. The number of unbranched alkanes of at least 4 members (excludes halogenated alkanes) is 1. The maximum absolute atomic E-state index is 6.28. The van der Waals surface area contributed by atoms with Crippen molar-refractivity contribution in [1.82, 2.24) is 5.32 Å². The quantitative estimate of drug-likeness (QED) is 0.755. The second-order valence-electron chi connectivity index (χ2n) is 4.76. The van der Waals surface area contributed by atoms with Gasteiger partial charge in [-0.05, 0) is 38.9 Å². The molecule has 4 heteroatoms. The molecule has 1 aliphatic heterocycles. The van der Waals surface area contributed by atoms with E-state index in [2.05, 4.69) is 25.7 Å². The molecule has 0 amide bonds. The van der Waals surface area contributed by atoms with Crippen LogP contribution < -0.4 is 5.32 Å². The van der Waals surface area contributed by atoms with E-state index in [1.807, 2.05) is 0 Å². The zero-order valence-electron chi connectivity index (χ0n) is 11.1. The van der Waals surface area contributed by atoms with Crippen molar-refractivity contribution in [2.24, 2.45) is 0 Å². The summed E-state index contributed by atoms with van der Waals surface area (Å²) in [6.45, 7) is 9.42. The Morgan fingerprint density at radius 2 is 2.25 bits per heavy atom. The van der Waals surface area contributed by atoms with Crippen molar-refractivity contribution in [1.29, 1.82) is 0 Å². The number of nitrogens with one attached hydrogen (secondary N) is 1. The molecule has 0 aromatic heterocycles. The van der Waals surface area contributed by atoms with Gasteiger partial charge in [0.2, 0.25) is 0 Å². The molecule has 1 saturated heterocycles. The molecule has 1 heterocycles. The lowest BCUT2D eigenvalue weighted by atomic mass is 10.1. The lowest BCUT2D eigenvalue weighted by molar-refractivity contribution is 0.105. The fourth-order valence-electron chi connectivity index (χ4n) is 2.26. The maximum atomic E-state index is 6.28. The van der Waals surface area contributed by atoms with Crippen LogP contribution >= 0.6 is 0 Å². The highest BCUT2D eigenvalue weighted by atomic mass is 28.4. The first-order valence-corrected chi connectivity index (χ1v) is 9.25. The van der Waals surface area contributed by atoms with Crippen molar-refractivity contribution < 1.29 is 8.85 Å². The smallest absolute Gasteiger partial charge is 0.335 e. The van der Waals surface area contributed by atoms with E-state index in [-0.39, 0.29) is 0 Å². The second-order valence-corrected chi connectivity index (χ2v) is 8.05. The van der Waals surface area contributed by atoms with Crippen molar-refractivity contribution >= 4 is 8.56 Å². The number of rotatable bonds is 5. The predicted octanol–water partition coefficient (Wildman–Crippen LogP) is 2.66. The van der Waals surface area contributed by atoms with E-state index in [0.29, 0.717) is 6.10 Å². The fraction of sp³-hybridized carbons (Fsp3) is 1.00. The van der Waals surface area contributed by atoms with E-state index in [9.17, 15) is 0 Å². The van der Waals surface area contributed by atoms with Gasteiger partial charge in [-0.15, -0.1) is 0 Å². The highest BCUT2D eigenvalue weighted by molar-refractivity contribution is 6.66. The van der Waals surface area contributed by atoms with Crippen LogP contribution in [-0.2, 0) is 8.85 Å². The molecule has 0 bridgehead atoms. The molecule has 0 radical (unpaired) electrons. The minimum atomic E-state index is -1.87. The van der Waals surface area contributed by atoms with Crippen LogP contribution in [0.5, 0.6) is 0 Å². The molecule has 96 valence electrons. The molecule has 0 saturated carbocycles. The highest BCUT2D eigenvalue weighted by Gasteiger charge is 2.34. The summed E-state index contributed by atoms with van der Waals surface area (Å²) in [6.07, 6.45) is 5.21. The molecular formula is C12H27NO2Si. The molecule has 16 heavy (non-hydrogen) atoms. The van der Waals surface area contributed by atoms with Gasteiger partial charge in [0, 0.05) is 13.2 Å². The Hall–Kier alpha value is 0.0969. The maximum Gasteiger partial charge on any atom is 0.335 e. The molecule has 2 unspecified atom stereocenters. The van der Waals surface area contributed by atoms with E-state index in [1.54, 1.807) is 0 Å². The van der Waals surface area contributed by atoms with Crippen molar-refractivity contribution in [2.45, 2.75) is 58.2 Å². The zero-order chi connectivity index (χ0) is 11.9. The van der Waals surface area contributed by atoms with E-state index < -0.39 is 8.56 Å². The first kappa shape index (κ1) is 14.2. The van der Waals surface area contributed by atoms with Gasteiger partial charge in [-0.3, -0.25) is 0 Å². The topological polar surface area (TPSA) is 30.5 Å². The van der Waals surface area contributed by atoms with Gasteiger partial charge in [-0.25, -0.2) is 0 Å². The van der Waals surface area contributed by atoms with Gasteiger partial charge in [0.25, 0.3) is 0 Å². The van der Waals surface area contributed by atoms with Crippen molar-refractivity contribution in [2.75, 3.05) is 19.7 Å². The molecule has 0 spiro atoms. The van der Waals surface area contributed by atoms with Crippen molar-refractivity contribution in [3.63, 3.8) is 0 Å². The summed E-state index contributed by atoms with van der Waals surface area (Å²) < 4.78 is 12.2. The largest absolute Gasteiger partial charge is 0.395 e. The lowest BCUT2D eigenvalue weighted by Gasteiger charge is -2.34. The van der Waals surface area contributed by atoms with Crippen LogP contribution in [0.15, 0.2) is 0 Å². The average Bonchev–Trinajstić information content (AvgIpc) is 2.22. The van der Waals surface area contributed by atoms with E-state index in [0.717, 1.165) is 25.7 Å². The van der Waals surface area contributed by atoms with E-state index in [1.165, 1.54) is 25.7 Å². The van der Waals surface area contributed by atoms with Crippen LogP contribution in [0.1, 0.15) is 39.5 Å². The molecule has 1 N–H and O–H groups in total. The molecule has 1 aliphatic rings. The van der Waals surface area contributed by atoms with Gasteiger partial charge in [0.15, 0.2) is 0 Å². The van der Waals surface area contributed by atoms with Gasteiger partial charge >= 0.3 is 8.56 Å². The Morgan fingerprint density at radius 3 is 2.94 bits per heavy atom. The summed E-state index contributed by atoms with van der Waals surface area (Å²) in [4.78, 5) is 0. The van der Waals surface area contributed by atoms with Crippen LogP contribution in [0.2, 0.25) is 12.6 Å².